The van der Waals surface area contributed by atoms with Gasteiger partial charge in [-0.2, -0.15) is 5.26 Å². The topological polar surface area (TPSA) is 42.2 Å². The smallest absolute Gasteiger partial charge is 0.161 e. The van der Waals surface area contributed by atoms with Crippen molar-refractivity contribution in [3.05, 3.63) is 29.3 Å². The van der Waals surface area contributed by atoms with Crippen molar-refractivity contribution in [2.75, 3.05) is 14.2 Å². The fourth-order valence-electron chi connectivity index (χ4n) is 1.84. The van der Waals surface area contributed by atoms with Crippen LogP contribution in [0.2, 0.25) is 0 Å². The second-order valence-corrected chi connectivity index (χ2v) is 5.63. The summed E-state index contributed by atoms with van der Waals surface area (Å²) < 4.78 is 10.4. The van der Waals surface area contributed by atoms with Gasteiger partial charge < -0.3 is 9.47 Å². The highest BCUT2D eigenvalue weighted by atomic mass is 16.5. The Kier molecular flexibility index (Phi) is 5.00. The Morgan fingerprint density at radius 1 is 1.21 bits per heavy atom. The maximum atomic E-state index is 9.20. The second kappa shape index (κ2) is 6.29. The van der Waals surface area contributed by atoms with Gasteiger partial charge in [-0.05, 0) is 35.6 Å². The zero-order valence-electron chi connectivity index (χ0n) is 12.3. The van der Waals surface area contributed by atoms with E-state index in [1.54, 1.807) is 14.2 Å². The third kappa shape index (κ3) is 4.67. The highest BCUT2D eigenvalue weighted by Crippen LogP contribution is 2.30. The van der Waals surface area contributed by atoms with Crippen molar-refractivity contribution < 1.29 is 9.47 Å². The lowest BCUT2D eigenvalue weighted by molar-refractivity contribution is 0.355. The summed E-state index contributed by atoms with van der Waals surface area (Å²) in [5.74, 6) is 1.36. The zero-order chi connectivity index (χ0) is 14.5. The average Bonchev–Trinajstić information content (AvgIpc) is 2.36. The van der Waals surface area contributed by atoms with Crippen LogP contribution in [0.3, 0.4) is 0 Å². The predicted molar refractivity (Wildman–Crippen MR) is 77.2 cm³/mol. The van der Waals surface area contributed by atoms with Gasteiger partial charge in [0.05, 0.1) is 20.3 Å². The summed E-state index contributed by atoms with van der Waals surface area (Å²) in [5.41, 5.74) is 1.80. The summed E-state index contributed by atoms with van der Waals surface area (Å²) in [6.45, 7) is 6.35. The molecule has 0 saturated carbocycles. The number of nitrogens with zero attached hydrogens (tertiary/aromatic N) is 1. The quantitative estimate of drug-likeness (QED) is 0.766. The molecule has 0 fully saturated rings. The van der Waals surface area contributed by atoms with Crippen LogP contribution >= 0.6 is 0 Å². The molecule has 0 atom stereocenters. The molecule has 0 saturated heterocycles. The second-order valence-electron chi connectivity index (χ2n) is 5.63. The number of benzene rings is 1. The minimum Gasteiger partial charge on any atom is -0.493 e. The molecule has 0 amide bonds. The van der Waals surface area contributed by atoms with Crippen LogP contribution in [0.5, 0.6) is 11.5 Å². The van der Waals surface area contributed by atoms with Gasteiger partial charge in [-0.1, -0.05) is 26.8 Å². The highest BCUT2D eigenvalue weighted by Gasteiger charge is 2.13. The normalized spacial score (nSPS) is 11.9. The molecule has 102 valence electrons. The van der Waals surface area contributed by atoms with Gasteiger partial charge in [-0.15, -0.1) is 0 Å². The maximum absolute atomic E-state index is 9.20. The Bertz CT molecular complexity index is 504. The Morgan fingerprint density at radius 2 is 1.84 bits per heavy atom. The summed E-state index contributed by atoms with van der Waals surface area (Å²) >= 11 is 0. The SMILES string of the molecule is COc1ccc(C=C(C#N)CC(C)(C)C)cc1OC. The number of hydrogen-bond donors (Lipinski definition) is 0. The largest absolute Gasteiger partial charge is 0.493 e. The lowest BCUT2D eigenvalue weighted by Gasteiger charge is -2.17. The number of methoxy groups -OCH3 is 2. The van der Waals surface area contributed by atoms with E-state index in [2.05, 4.69) is 26.8 Å². The van der Waals surface area contributed by atoms with E-state index in [9.17, 15) is 5.26 Å². The maximum Gasteiger partial charge on any atom is 0.161 e. The molecule has 0 bridgehead atoms. The molecule has 0 spiro atoms. The van der Waals surface area contributed by atoms with Crippen molar-refractivity contribution in [1.29, 1.82) is 5.26 Å². The van der Waals surface area contributed by atoms with Crippen LogP contribution in [0.15, 0.2) is 23.8 Å². The molecule has 0 aliphatic heterocycles. The highest BCUT2D eigenvalue weighted by molar-refractivity contribution is 5.60. The van der Waals surface area contributed by atoms with Crippen molar-refractivity contribution in [3.8, 4) is 17.6 Å². The molecule has 0 aliphatic carbocycles. The van der Waals surface area contributed by atoms with Crippen LogP contribution in [-0.4, -0.2) is 14.2 Å². The van der Waals surface area contributed by atoms with E-state index in [1.165, 1.54) is 0 Å². The molecule has 3 heteroatoms. The minimum absolute atomic E-state index is 0.0954. The number of hydrogen-bond acceptors (Lipinski definition) is 3. The molecular weight excluding hydrogens is 238 g/mol. The number of allylic oxidation sites excluding steroid dienone is 1. The lowest BCUT2D eigenvalue weighted by Crippen LogP contribution is -2.05. The van der Waals surface area contributed by atoms with Gasteiger partial charge in [-0.3, -0.25) is 0 Å². The molecule has 0 unspecified atom stereocenters. The molecular formula is C16H21NO2. The number of nitriles is 1. The molecule has 0 heterocycles. The first-order valence-electron chi connectivity index (χ1n) is 6.22. The van der Waals surface area contributed by atoms with Gasteiger partial charge in [0, 0.05) is 5.57 Å². The van der Waals surface area contributed by atoms with Gasteiger partial charge >= 0.3 is 0 Å². The average molecular weight is 259 g/mol. The first-order chi connectivity index (χ1) is 8.89. The molecule has 0 aliphatic rings. The van der Waals surface area contributed by atoms with Crippen molar-refractivity contribution in [2.45, 2.75) is 27.2 Å². The van der Waals surface area contributed by atoms with Crippen LogP contribution in [-0.2, 0) is 0 Å². The van der Waals surface area contributed by atoms with E-state index in [-0.39, 0.29) is 5.41 Å². The van der Waals surface area contributed by atoms with Crippen LogP contribution < -0.4 is 9.47 Å². The van der Waals surface area contributed by atoms with Gasteiger partial charge in [0.25, 0.3) is 0 Å². The first-order valence-corrected chi connectivity index (χ1v) is 6.22. The van der Waals surface area contributed by atoms with E-state index >= 15 is 0 Å². The number of rotatable bonds is 4. The van der Waals surface area contributed by atoms with Gasteiger partial charge in [0.2, 0.25) is 0 Å². The van der Waals surface area contributed by atoms with Crippen LogP contribution in [0.4, 0.5) is 0 Å². The standard InChI is InChI=1S/C16H21NO2/c1-16(2,3)10-13(11-17)8-12-6-7-14(18-4)15(9-12)19-5/h6-9H,10H2,1-5H3. The molecule has 1 aromatic rings. The fourth-order valence-corrected chi connectivity index (χ4v) is 1.84. The molecule has 3 nitrogen and oxygen atoms in total. The summed E-state index contributed by atoms with van der Waals surface area (Å²) in [6, 6.07) is 7.90. The fraction of sp³-hybridized carbons (Fsp3) is 0.438. The Labute approximate surface area is 115 Å². The molecule has 1 rings (SSSR count). The van der Waals surface area contributed by atoms with E-state index < -0.39 is 0 Å². The molecule has 0 N–H and O–H groups in total. The third-order valence-corrected chi connectivity index (χ3v) is 2.61. The summed E-state index contributed by atoms with van der Waals surface area (Å²) in [6.07, 6.45) is 2.64. The Hall–Kier alpha value is -1.95. The Morgan fingerprint density at radius 3 is 2.32 bits per heavy atom. The minimum atomic E-state index is 0.0954. The monoisotopic (exact) mass is 259 g/mol. The van der Waals surface area contributed by atoms with Gasteiger partial charge in [-0.25, -0.2) is 0 Å². The molecule has 1 aromatic carbocycles. The number of ether oxygens (including phenoxy) is 2. The summed E-state index contributed by atoms with van der Waals surface area (Å²) in [7, 11) is 3.21. The zero-order valence-corrected chi connectivity index (χ0v) is 12.3. The summed E-state index contributed by atoms with van der Waals surface area (Å²) in [5, 5.41) is 9.20. The van der Waals surface area contributed by atoms with Gasteiger partial charge in [0.15, 0.2) is 11.5 Å². The lowest BCUT2D eigenvalue weighted by atomic mass is 9.88. The van der Waals surface area contributed by atoms with E-state index in [1.807, 2.05) is 24.3 Å². The van der Waals surface area contributed by atoms with Crippen LogP contribution in [0.1, 0.15) is 32.8 Å². The molecule has 0 aromatic heterocycles. The van der Waals surface area contributed by atoms with Crippen LogP contribution in [0.25, 0.3) is 6.08 Å². The van der Waals surface area contributed by atoms with Crippen molar-refractivity contribution in [1.82, 2.24) is 0 Å². The molecule has 19 heavy (non-hydrogen) atoms. The van der Waals surface area contributed by atoms with Gasteiger partial charge in [0.1, 0.15) is 0 Å². The third-order valence-electron chi connectivity index (χ3n) is 2.61. The Balaban J connectivity index is 3.06. The van der Waals surface area contributed by atoms with Crippen LogP contribution in [0, 0.1) is 16.7 Å². The first kappa shape index (κ1) is 15.1. The van der Waals surface area contributed by atoms with Crippen molar-refractivity contribution >= 4 is 6.08 Å². The van der Waals surface area contributed by atoms with Crippen molar-refractivity contribution in [3.63, 3.8) is 0 Å². The van der Waals surface area contributed by atoms with Crippen molar-refractivity contribution in [2.24, 2.45) is 5.41 Å². The summed E-state index contributed by atoms with van der Waals surface area (Å²) in [4.78, 5) is 0. The predicted octanol–water partition coefficient (Wildman–Crippen LogP) is 4.05. The van der Waals surface area contributed by atoms with E-state index in [0.29, 0.717) is 11.5 Å². The van der Waals surface area contributed by atoms with E-state index in [0.717, 1.165) is 17.6 Å². The van der Waals surface area contributed by atoms with E-state index in [4.69, 9.17) is 9.47 Å². The molecule has 0 radical (unpaired) electrons.